The molecule has 1 saturated heterocycles. The first-order valence-electron chi connectivity index (χ1n) is 10.5. The summed E-state index contributed by atoms with van der Waals surface area (Å²) in [5.41, 5.74) is 5.44. The van der Waals surface area contributed by atoms with E-state index in [2.05, 4.69) is 60.8 Å². The molecule has 0 amide bonds. The normalized spacial score (nSPS) is 21.8. The van der Waals surface area contributed by atoms with Crippen LogP contribution in [0.4, 0.5) is 0 Å². The first-order valence-corrected chi connectivity index (χ1v) is 10.5. The molecule has 2 fully saturated rings. The van der Waals surface area contributed by atoms with Gasteiger partial charge in [-0.3, -0.25) is 0 Å². The molecule has 2 aromatic rings. The van der Waals surface area contributed by atoms with Gasteiger partial charge < -0.3 is 14.8 Å². The molecule has 3 nitrogen and oxygen atoms in total. The second-order valence-corrected chi connectivity index (χ2v) is 8.13. The molecule has 2 aromatic carbocycles. The number of benzene rings is 2. The lowest BCUT2D eigenvalue weighted by atomic mass is 9.87. The van der Waals surface area contributed by atoms with Crippen molar-refractivity contribution in [1.29, 1.82) is 0 Å². The topological polar surface area (TPSA) is 30.5 Å². The second kappa shape index (κ2) is 8.83. The van der Waals surface area contributed by atoms with E-state index < -0.39 is 0 Å². The Morgan fingerprint density at radius 3 is 2.64 bits per heavy atom. The molecular formula is C25H31NO2. The van der Waals surface area contributed by atoms with Crippen LogP contribution in [-0.4, -0.2) is 26.3 Å². The van der Waals surface area contributed by atoms with Crippen LogP contribution in [0, 0.1) is 6.92 Å². The van der Waals surface area contributed by atoms with E-state index in [1.165, 1.54) is 35.1 Å². The van der Waals surface area contributed by atoms with Gasteiger partial charge in [0.05, 0.1) is 13.2 Å². The summed E-state index contributed by atoms with van der Waals surface area (Å²) in [7, 11) is 1.72. The molecule has 148 valence electrons. The van der Waals surface area contributed by atoms with Crippen LogP contribution in [0.5, 0.6) is 11.5 Å². The molecule has 0 bridgehead atoms. The summed E-state index contributed by atoms with van der Waals surface area (Å²) in [5.74, 6) is 2.21. The predicted octanol–water partition coefficient (Wildman–Crippen LogP) is 5.49. The molecule has 1 saturated carbocycles. The molecule has 1 aliphatic carbocycles. The van der Waals surface area contributed by atoms with Gasteiger partial charge >= 0.3 is 0 Å². The van der Waals surface area contributed by atoms with Crippen molar-refractivity contribution in [2.75, 3.05) is 20.2 Å². The maximum absolute atomic E-state index is 6.31. The SMILES string of the molecule is COc1ccc([C@H]2CNC/C(=C/c3ccccc3C)C2)cc1OC1CCCC1. The van der Waals surface area contributed by atoms with Crippen molar-refractivity contribution in [2.45, 2.75) is 51.0 Å². The highest BCUT2D eigenvalue weighted by atomic mass is 16.5. The van der Waals surface area contributed by atoms with Crippen molar-refractivity contribution in [2.24, 2.45) is 0 Å². The maximum Gasteiger partial charge on any atom is 0.161 e. The third-order valence-corrected chi connectivity index (χ3v) is 6.05. The van der Waals surface area contributed by atoms with Crippen LogP contribution in [0.3, 0.4) is 0 Å². The number of ether oxygens (including phenoxy) is 2. The molecule has 1 N–H and O–H groups in total. The molecule has 1 aliphatic heterocycles. The van der Waals surface area contributed by atoms with Crippen molar-refractivity contribution >= 4 is 6.08 Å². The van der Waals surface area contributed by atoms with Gasteiger partial charge in [0.2, 0.25) is 0 Å². The summed E-state index contributed by atoms with van der Waals surface area (Å²) in [4.78, 5) is 0. The smallest absolute Gasteiger partial charge is 0.161 e. The number of rotatable bonds is 5. The van der Waals surface area contributed by atoms with Crippen molar-refractivity contribution in [3.8, 4) is 11.5 Å². The fourth-order valence-corrected chi connectivity index (χ4v) is 4.41. The lowest BCUT2D eigenvalue weighted by Gasteiger charge is -2.27. The zero-order valence-electron chi connectivity index (χ0n) is 17.0. The van der Waals surface area contributed by atoms with E-state index in [-0.39, 0.29) is 0 Å². The molecule has 2 aliphatic rings. The summed E-state index contributed by atoms with van der Waals surface area (Å²) in [6.45, 7) is 4.14. The van der Waals surface area contributed by atoms with Gasteiger partial charge in [-0.2, -0.15) is 0 Å². The summed E-state index contributed by atoms with van der Waals surface area (Å²) >= 11 is 0. The quantitative estimate of drug-likeness (QED) is 0.748. The Labute approximate surface area is 168 Å². The molecule has 28 heavy (non-hydrogen) atoms. The van der Waals surface area contributed by atoms with E-state index >= 15 is 0 Å². The first kappa shape index (κ1) is 19.1. The van der Waals surface area contributed by atoms with E-state index in [4.69, 9.17) is 9.47 Å². The Morgan fingerprint density at radius 1 is 1.04 bits per heavy atom. The Bertz CT molecular complexity index is 836. The van der Waals surface area contributed by atoms with Gasteiger partial charge in [-0.1, -0.05) is 42.0 Å². The standard InChI is InChI=1S/C25H31NO2/c1-18-7-3-4-8-20(18)13-19-14-22(17-26-16-19)21-11-12-24(27-2)25(15-21)28-23-9-5-6-10-23/h3-4,7-8,11-13,15,22-23,26H,5-6,9-10,14,16-17H2,1-2H3/b19-13+/t22-/m1/s1. The van der Waals surface area contributed by atoms with Gasteiger partial charge in [-0.05, 0) is 67.9 Å². The van der Waals surface area contributed by atoms with Gasteiger partial charge in [-0.25, -0.2) is 0 Å². The van der Waals surface area contributed by atoms with E-state index in [1.54, 1.807) is 7.11 Å². The molecule has 1 atom stereocenters. The van der Waals surface area contributed by atoms with Gasteiger partial charge in [0.15, 0.2) is 11.5 Å². The van der Waals surface area contributed by atoms with Crippen molar-refractivity contribution in [3.05, 3.63) is 64.7 Å². The minimum Gasteiger partial charge on any atom is -0.493 e. The van der Waals surface area contributed by atoms with E-state index in [9.17, 15) is 0 Å². The fraction of sp³-hybridized carbons (Fsp3) is 0.440. The minimum atomic E-state index is 0.338. The third kappa shape index (κ3) is 4.41. The predicted molar refractivity (Wildman–Crippen MR) is 115 cm³/mol. The molecule has 0 spiro atoms. The van der Waals surface area contributed by atoms with E-state index in [1.807, 2.05) is 0 Å². The molecule has 0 aromatic heterocycles. The molecule has 3 heteroatoms. The van der Waals surface area contributed by atoms with Gasteiger partial charge in [-0.15, -0.1) is 0 Å². The Morgan fingerprint density at radius 2 is 1.86 bits per heavy atom. The van der Waals surface area contributed by atoms with E-state index in [0.717, 1.165) is 43.9 Å². The van der Waals surface area contributed by atoms with Gasteiger partial charge in [0.1, 0.15) is 0 Å². The lowest BCUT2D eigenvalue weighted by Crippen LogP contribution is -2.30. The number of nitrogens with one attached hydrogen (secondary N) is 1. The average Bonchev–Trinajstić information content (AvgIpc) is 3.23. The van der Waals surface area contributed by atoms with Crippen LogP contribution in [0.25, 0.3) is 6.08 Å². The Hall–Kier alpha value is -2.26. The van der Waals surface area contributed by atoms with Crippen LogP contribution in [0.15, 0.2) is 48.0 Å². The number of hydrogen-bond acceptors (Lipinski definition) is 3. The summed E-state index contributed by atoms with van der Waals surface area (Å²) < 4.78 is 11.9. The molecule has 4 rings (SSSR count). The maximum atomic E-state index is 6.31. The number of hydrogen-bond donors (Lipinski definition) is 1. The third-order valence-electron chi connectivity index (χ3n) is 6.05. The van der Waals surface area contributed by atoms with Crippen LogP contribution in [0.2, 0.25) is 0 Å². The highest BCUT2D eigenvalue weighted by Gasteiger charge is 2.22. The van der Waals surface area contributed by atoms with Crippen molar-refractivity contribution < 1.29 is 9.47 Å². The Balaban J connectivity index is 1.53. The fourth-order valence-electron chi connectivity index (χ4n) is 4.41. The van der Waals surface area contributed by atoms with Crippen LogP contribution >= 0.6 is 0 Å². The second-order valence-electron chi connectivity index (χ2n) is 8.13. The summed E-state index contributed by atoms with van der Waals surface area (Å²) in [6, 6.07) is 15.1. The largest absolute Gasteiger partial charge is 0.493 e. The van der Waals surface area contributed by atoms with E-state index in [0.29, 0.717) is 12.0 Å². The number of aryl methyl sites for hydroxylation is 1. The van der Waals surface area contributed by atoms with Crippen molar-refractivity contribution in [3.63, 3.8) is 0 Å². The van der Waals surface area contributed by atoms with Gasteiger partial charge in [0, 0.05) is 19.0 Å². The first-order chi connectivity index (χ1) is 13.7. The monoisotopic (exact) mass is 377 g/mol. The molecule has 0 radical (unpaired) electrons. The molecule has 0 unspecified atom stereocenters. The number of piperidine rings is 1. The number of methoxy groups -OCH3 is 1. The van der Waals surface area contributed by atoms with Gasteiger partial charge in [0.25, 0.3) is 0 Å². The zero-order chi connectivity index (χ0) is 19.3. The van der Waals surface area contributed by atoms with Crippen LogP contribution in [0.1, 0.15) is 54.7 Å². The van der Waals surface area contributed by atoms with Crippen LogP contribution < -0.4 is 14.8 Å². The summed E-state index contributed by atoms with van der Waals surface area (Å²) in [6.07, 6.45) is 8.62. The Kier molecular flexibility index (Phi) is 6.01. The zero-order valence-corrected chi connectivity index (χ0v) is 17.0. The minimum absolute atomic E-state index is 0.338. The highest BCUT2D eigenvalue weighted by Crippen LogP contribution is 2.36. The average molecular weight is 378 g/mol. The highest BCUT2D eigenvalue weighted by molar-refractivity contribution is 5.57. The van der Waals surface area contributed by atoms with Crippen LogP contribution in [-0.2, 0) is 0 Å². The molecule has 1 heterocycles. The molecular weight excluding hydrogens is 346 g/mol. The van der Waals surface area contributed by atoms with Crippen molar-refractivity contribution in [1.82, 2.24) is 5.32 Å². The summed E-state index contributed by atoms with van der Waals surface area (Å²) in [5, 5.41) is 3.60. The lowest BCUT2D eigenvalue weighted by molar-refractivity contribution is 0.200.